The van der Waals surface area contributed by atoms with E-state index < -0.39 is 10.0 Å². The van der Waals surface area contributed by atoms with Crippen LogP contribution >= 0.6 is 0 Å². The molecule has 1 unspecified atom stereocenters. The molecular weight excluding hydrogens is 340 g/mol. The molecule has 2 aliphatic heterocycles. The first kappa shape index (κ1) is 17.9. The number of hydrogen-bond donors (Lipinski definition) is 2. The van der Waals surface area contributed by atoms with Crippen molar-refractivity contribution >= 4 is 21.8 Å². The van der Waals surface area contributed by atoms with Crippen LogP contribution in [-0.4, -0.2) is 57.8 Å². The summed E-state index contributed by atoms with van der Waals surface area (Å²) in [5, 5.41) is 6.30. The van der Waals surface area contributed by atoms with Crippen LogP contribution in [0.15, 0.2) is 33.6 Å². The third kappa shape index (κ3) is 4.19. The molecule has 0 radical (unpaired) electrons. The van der Waals surface area contributed by atoms with Gasteiger partial charge in [-0.2, -0.15) is 8.42 Å². The molecule has 2 N–H and O–H groups in total. The Labute approximate surface area is 148 Å². The monoisotopic (exact) mass is 364 g/mol. The van der Waals surface area contributed by atoms with Crippen molar-refractivity contribution in [3.05, 3.63) is 29.8 Å². The maximum atomic E-state index is 12.1. The lowest BCUT2D eigenvalue weighted by molar-refractivity contribution is -0.121. The normalized spacial score (nSPS) is 20.8. The van der Waals surface area contributed by atoms with Crippen LogP contribution in [0.4, 0.5) is 0 Å². The second-order valence-corrected chi connectivity index (χ2v) is 8.08. The zero-order chi connectivity index (χ0) is 17.9. The highest BCUT2D eigenvalue weighted by atomic mass is 32.2. The lowest BCUT2D eigenvalue weighted by Gasteiger charge is -2.19. The smallest absolute Gasteiger partial charge is 0.285 e. The van der Waals surface area contributed by atoms with Crippen molar-refractivity contribution in [3.8, 4) is 0 Å². The van der Waals surface area contributed by atoms with E-state index in [2.05, 4.69) is 15.0 Å². The maximum absolute atomic E-state index is 12.1. The van der Waals surface area contributed by atoms with Gasteiger partial charge in [-0.15, -0.1) is 4.40 Å². The molecule has 0 saturated carbocycles. The number of fused-ring (bicyclic) bond motifs is 1. The standard InChI is InChI=1S/C17H24N4O3S/c1-21(11-5-9-16(22)19-12-13-6-4-10-18-13)17-14-7-2-3-8-15(14)25(23,24)20-17/h2-3,7-8,13,18H,4-6,9-12H2,1H3,(H,19,22). The van der Waals surface area contributed by atoms with Gasteiger partial charge in [0, 0.05) is 38.2 Å². The summed E-state index contributed by atoms with van der Waals surface area (Å²) in [5.74, 6) is 0.481. The predicted molar refractivity (Wildman–Crippen MR) is 96.1 cm³/mol. The summed E-state index contributed by atoms with van der Waals surface area (Å²) in [6, 6.07) is 7.21. The summed E-state index contributed by atoms with van der Waals surface area (Å²) in [6.07, 6.45) is 3.33. The van der Waals surface area contributed by atoms with Crippen molar-refractivity contribution in [1.82, 2.24) is 15.5 Å². The number of amidine groups is 1. The number of carbonyl (C=O) groups excluding carboxylic acids is 1. The van der Waals surface area contributed by atoms with Crippen molar-refractivity contribution < 1.29 is 13.2 Å². The number of rotatable bonds is 6. The molecule has 0 aliphatic carbocycles. The van der Waals surface area contributed by atoms with E-state index in [0.717, 1.165) is 19.4 Å². The molecule has 2 heterocycles. The number of sulfonamides is 1. The zero-order valence-electron chi connectivity index (χ0n) is 14.4. The average molecular weight is 364 g/mol. The van der Waals surface area contributed by atoms with Crippen LogP contribution in [0.5, 0.6) is 0 Å². The van der Waals surface area contributed by atoms with Gasteiger partial charge in [0.1, 0.15) is 10.7 Å². The Morgan fingerprint density at radius 1 is 1.40 bits per heavy atom. The van der Waals surface area contributed by atoms with Crippen molar-refractivity contribution in [3.63, 3.8) is 0 Å². The van der Waals surface area contributed by atoms with Crippen LogP contribution < -0.4 is 10.6 Å². The molecule has 0 bridgehead atoms. The highest BCUT2D eigenvalue weighted by Gasteiger charge is 2.30. The fraction of sp³-hybridized carbons (Fsp3) is 0.529. The van der Waals surface area contributed by atoms with Crippen LogP contribution in [0.1, 0.15) is 31.2 Å². The lowest BCUT2D eigenvalue weighted by Crippen LogP contribution is -2.37. The Hall–Kier alpha value is -1.93. The molecule has 1 fully saturated rings. The Morgan fingerprint density at radius 2 is 2.20 bits per heavy atom. The van der Waals surface area contributed by atoms with Crippen LogP contribution in [0, 0.1) is 0 Å². The molecule has 0 spiro atoms. The summed E-state index contributed by atoms with van der Waals surface area (Å²) in [4.78, 5) is 14.0. The van der Waals surface area contributed by atoms with E-state index in [1.165, 1.54) is 0 Å². The number of nitrogens with one attached hydrogen (secondary N) is 2. The minimum atomic E-state index is -3.60. The van der Waals surface area contributed by atoms with E-state index >= 15 is 0 Å². The molecule has 1 amide bonds. The van der Waals surface area contributed by atoms with Crippen LogP contribution in [0.3, 0.4) is 0 Å². The Kier molecular flexibility index (Phi) is 5.39. The van der Waals surface area contributed by atoms with Gasteiger partial charge in [0.15, 0.2) is 0 Å². The van der Waals surface area contributed by atoms with Crippen LogP contribution in [-0.2, 0) is 14.8 Å². The minimum absolute atomic E-state index is 0.0310. The van der Waals surface area contributed by atoms with E-state index in [-0.39, 0.29) is 10.8 Å². The van der Waals surface area contributed by atoms with Gasteiger partial charge in [0.05, 0.1) is 0 Å². The Balaban J connectivity index is 1.48. The van der Waals surface area contributed by atoms with Crippen molar-refractivity contribution in [1.29, 1.82) is 0 Å². The van der Waals surface area contributed by atoms with Gasteiger partial charge in [0.2, 0.25) is 5.91 Å². The quantitative estimate of drug-likeness (QED) is 0.776. The molecule has 1 aromatic rings. The summed E-state index contributed by atoms with van der Waals surface area (Å²) >= 11 is 0. The molecule has 25 heavy (non-hydrogen) atoms. The number of nitrogens with zero attached hydrogens (tertiary/aromatic N) is 2. The third-order valence-electron chi connectivity index (χ3n) is 4.58. The Morgan fingerprint density at radius 3 is 2.96 bits per heavy atom. The Bertz CT molecular complexity index is 770. The van der Waals surface area contributed by atoms with Gasteiger partial charge in [-0.1, -0.05) is 12.1 Å². The maximum Gasteiger partial charge on any atom is 0.285 e. The first-order valence-corrected chi connectivity index (χ1v) is 10.1. The molecule has 3 rings (SSSR count). The van der Waals surface area contributed by atoms with Crippen molar-refractivity contribution in [2.24, 2.45) is 4.40 Å². The lowest BCUT2D eigenvalue weighted by atomic mass is 10.2. The molecule has 1 atom stereocenters. The van der Waals surface area contributed by atoms with E-state index in [9.17, 15) is 13.2 Å². The van der Waals surface area contributed by atoms with Gasteiger partial charge in [-0.3, -0.25) is 4.79 Å². The van der Waals surface area contributed by atoms with Gasteiger partial charge in [-0.25, -0.2) is 0 Å². The summed E-state index contributed by atoms with van der Waals surface area (Å²) in [5.41, 5.74) is 0.627. The molecule has 136 valence electrons. The predicted octanol–water partition coefficient (Wildman–Crippen LogP) is 0.716. The zero-order valence-corrected chi connectivity index (χ0v) is 15.2. The molecular formula is C17H24N4O3S. The van der Waals surface area contributed by atoms with Gasteiger partial charge >= 0.3 is 0 Å². The topological polar surface area (TPSA) is 90.9 Å². The molecule has 7 nitrogen and oxygen atoms in total. The fourth-order valence-corrected chi connectivity index (χ4v) is 4.45. The van der Waals surface area contributed by atoms with Crippen molar-refractivity contribution in [2.45, 2.75) is 36.6 Å². The summed E-state index contributed by atoms with van der Waals surface area (Å²) in [7, 11) is -1.80. The number of benzene rings is 1. The first-order chi connectivity index (χ1) is 12.0. The van der Waals surface area contributed by atoms with E-state index in [0.29, 0.717) is 43.4 Å². The minimum Gasteiger partial charge on any atom is -0.358 e. The molecule has 1 aromatic carbocycles. The average Bonchev–Trinajstić information content (AvgIpc) is 3.20. The number of carbonyl (C=O) groups is 1. The van der Waals surface area contributed by atoms with Crippen molar-refractivity contribution in [2.75, 3.05) is 26.7 Å². The van der Waals surface area contributed by atoms with Gasteiger partial charge in [0.25, 0.3) is 10.0 Å². The van der Waals surface area contributed by atoms with Gasteiger partial charge in [-0.05, 0) is 37.9 Å². The van der Waals surface area contributed by atoms with Gasteiger partial charge < -0.3 is 15.5 Å². The molecule has 8 heteroatoms. The van der Waals surface area contributed by atoms with Crippen LogP contribution in [0.25, 0.3) is 0 Å². The van der Waals surface area contributed by atoms with Crippen LogP contribution in [0.2, 0.25) is 0 Å². The SMILES string of the molecule is CN(CCCC(=O)NCC1CCCN1)C1=NS(=O)(=O)c2ccccc21. The largest absolute Gasteiger partial charge is 0.358 e. The fourth-order valence-electron chi connectivity index (χ4n) is 3.20. The van der Waals surface area contributed by atoms with E-state index in [4.69, 9.17) is 0 Å². The summed E-state index contributed by atoms with van der Waals surface area (Å²) < 4.78 is 28.0. The summed E-state index contributed by atoms with van der Waals surface area (Å²) in [6.45, 7) is 2.27. The van der Waals surface area contributed by atoms with E-state index in [1.54, 1.807) is 36.2 Å². The molecule has 1 saturated heterocycles. The highest BCUT2D eigenvalue weighted by Crippen LogP contribution is 2.26. The molecule has 2 aliphatic rings. The second kappa shape index (κ2) is 7.53. The second-order valence-electron chi connectivity index (χ2n) is 6.51. The third-order valence-corrected chi connectivity index (χ3v) is 5.90. The molecule has 0 aromatic heterocycles. The first-order valence-electron chi connectivity index (χ1n) is 8.63. The number of amides is 1. The van der Waals surface area contributed by atoms with E-state index in [1.807, 2.05) is 0 Å². The highest BCUT2D eigenvalue weighted by molar-refractivity contribution is 7.90. The number of hydrogen-bond acceptors (Lipinski definition) is 5.